The Morgan fingerprint density at radius 1 is 1.12 bits per heavy atom. The number of aliphatic hydroxyl groups is 1. The van der Waals surface area contributed by atoms with Gasteiger partial charge >= 0.3 is 0 Å². The number of imidazole rings is 1. The highest BCUT2D eigenvalue weighted by Crippen LogP contribution is 2.23. The number of rotatable bonds is 8. The lowest BCUT2D eigenvalue weighted by Gasteiger charge is -2.13. The van der Waals surface area contributed by atoms with Crippen LogP contribution in [-0.2, 0) is 6.54 Å². The predicted molar refractivity (Wildman–Crippen MR) is 101 cm³/mol. The molecule has 132 valence electrons. The molecule has 1 atom stereocenters. The summed E-state index contributed by atoms with van der Waals surface area (Å²) in [7, 11) is 0. The van der Waals surface area contributed by atoms with Gasteiger partial charge in [0, 0.05) is 6.54 Å². The van der Waals surface area contributed by atoms with E-state index >= 15 is 0 Å². The van der Waals surface area contributed by atoms with Gasteiger partial charge in [-0.1, -0.05) is 31.2 Å². The quantitative estimate of drug-likeness (QED) is 0.608. The average Bonchev–Trinajstić information content (AvgIpc) is 2.99. The number of unbranched alkanes of at least 4 members (excludes halogenated alkanes) is 1. The van der Waals surface area contributed by atoms with Crippen LogP contribution >= 0.6 is 0 Å². The van der Waals surface area contributed by atoms with Crippen LogP contribution in [0.3, 0.4) is 0 Å². The molecule has 0 spiro atoms. The molecule has 0 aliphatic rings. The molecular weight excluding hydrogens is 312 g/mol. The van der Waals surface area contributed by atoms with E-state index in [1.165, 1.54) is 5.56 Å². The fourth-order valence-corrected chi connectivity index (χ4v) is 3.03. The van der Waals surface area contributed by atoms with Gasteiger partial charge in [-0.15, -0.1) is 0 Å². The van der Waals surface area contributed by atoms with E-state index in [1.54, 1.807) is 0 Å². The van der Waals surface area contributed by atoms with Crippen molar-refractivity contribution in [2.45, 2.75) is 45.8 Å². The van der Waals surface area contributed by atoms with Crippen molar-refractivity contribution < 1.29 is 9.84 Å². The monoisotopic (exact) mass is 338 g/mol. The van der Waals surface area contributed by atoms with Crippen LogP contribution in [0.15, 0.2) is 48.5 Å². The summed E-state index contributed by atoms with van der Waals surface area (Å²) in [5.74, 6) is 1.69. The molecule has 0 bridgehead atoms. The van der Waals surface area contributed by atoms with E-state index in [4.69, 9.17) is 4.74 Å². The second-order valence-electron chi connectivity index (χ2n) is 6.41. The van der Waals surface area contributed by atoms with Crippen molar-refractivity contribution in [1.29, 1.82) is 0 Å². The van der Waals surface area contributed by atoms with Crippen LogP contribution in [0.2, 0.25) is 0 Å². The van der Waals surface area contributed by atoms with Crippen molar-refractivity contribution in [3.05, 3.63) is 59.9 Å². The van der Waals surface area contributed by atoms with E-state index in [-0.39, 0.29) is 0 Å². The van der Waals surface area contributed by atoms with Crippen LogP contribution in [0.1, 0.15) is 43.7 Å². The zero-order valence-electron chi connectivity index (χ0n) is 15.0. The SMILES string of the molecule is CC[C@@H](O)c1nc2ccccc2n1CCCCOc1cccc(C)c1. The van der Waals surface area contributed by atoms with Gasteiger partial charge in [0.25, 0.3) is 0 Å². The van der Waals surface area contributed by atoms with Gasteiger partial charge in [-0.3, -0.25) is 0 Å². The molecule has 0 unspecified atom stereocenters. The molecule has 0 radical (unpaired) electrons. The first-order valence-electron chi connectivity index (χ1n) is 9.01. The number of nitrogens with zero attached hydrogens (tertiary/aromatic N) is 2. The molecule has 4 heteroatoms. The minimum absolute atomic E-state index is 0.518. The summed E-state index contributed by atoms with van der Waals surface area (Å²) in [5.41, 5.74) is 3.24. The number of aliphatic hydroxyl groups excluding tert-OH is 1. The van der Waals surface area contributed by atoms with E-state index < -0.39 is 6.10 Å². The number of ether oxygens (including phenoxy) is 1. The molecule has 0 fully saturated rings. The van der Waals surface area contributed by atoms with Gasteiger partial charge in [0.15, 0.2) is 0 Å². The molecule has 2 aromatic carbocycles. The minimum Gasteiger partial charge on any atom is -0.494 e. The van der Waals surface area contributed by atoms with Gasteiger partial charge in [-0.25, -0.2) is 4.98 Å². The van der Waals surface area contributed by atoms with E-state index in [0.717, 1.165) is 42.0 Å². The largest absolute Gasteiger partial charge is 0.494 e. The Bertz CT molecular complexity index is 826. The summed E-state index contributed by atoms with van der Waals surface area (Å²) in [4.78, 5) is 4.62. The zero-order chi connectivity index (χ0) is 17.6. The third-order valence-corrected chi connectivity index (χ3v) is 4.40. The first-order chi connectivity index (χ1) is 12.2. The number of para-hydroxylation sites is 2. The maximum atomic E-state index is 10.3. The van der Waals surface area contributed by atoms with Crippen molar-refractivity contribution in [2.75, 3.05) is 6.61 Å². The first-order valence-corrected chi connectivity index (χ1v) is 9.01. The number of hydrogen-bond donors (Lipinski definition) is 1. The van der Waals surface area contributed by atoms with Crippen LogP contribution in [0, 0.1) is 6.92 Å². The molecule has 3 aromatic rings. The fourth-order valence-electron chi connectivity index (χ4n) is 3.03. The van der Waals surface area contributed by atoms with E-state index in [0.29, 0.717) is 13.0 Å². The molecule has 0 aliphatic heterocycles. The van der Waals surface area contributed by atoms with Gasteiger partial charge in [0.2, 0.25) is 0 Å². The summed E-state index contributed by atoms with van der Waals surface area (Å²) in [6.07, 6.45) is 2.09. The summed E-state index contributed by atoms with van der Waals surface area (Å²) in [6, 6.07) is 16.2. The Labute approximate surface area is 149 Å². The number of aromatic nitrogens is 2. The second-order valence-corrected chi connectivity index (χ2v) is 6.41. The molecule has 1 heterocycles. The van der Waals surface area contributed by atoms with Gasteiger partial charge < -0.3 is 14.4 Å². The van der Waals surface area contributed by atoms with Crippen LogP contribution in [0.5, 0.6) is 5.75 Å². The Kier molecular flexibility index (Phi) is 5.71. The molecular formula is C21H26N2O2. The molecule has 3 rings (SSSR count). The Morgan fingerprint density at radius 3 is 2.76 bits per heavy atom. The van der Waals surface area contributed by atoms with Crippen LogP contribution in [-0.4, -0.2) is 21.3 Å². The third-order valence-electron chi connectivity index (χ3n) is 4.40. The van der Waals surface area contributed by atoms with Crippen LogP contribution in [0.4, 0.5) is 0 Å². The topological polar surface area (TPSA) is 47.3 Å². The van der Waals surface area contributed by atoms with E-state index in [1.807, 2.05) is 37.3 Å². The maximum absolute atomic E-state index is 10.3. The van der Waals surface area contributed by atoms with Crippen molar-refractivity contribution in [3.63, 3.8) is 0 Å². The maximum Gasteiger partial charge on any atom is 0.138 e. The van der Waals surface area contributed by atoms with Crippen molar-refractivity contribution in [3.8, 4) is 5.75 Å². The number of benzene rings is 2. The smallest absolute Gasteiger partial charge is 0.138 e. The molecule has 1 aromatic heterocycles. The highest BCUT2D eigenvalue weighted by molar-refractivity contribution is 5.76. The molecule has 0 saturated heterocycles. The lowest BCUT2D eigenvalue weighted by atomic mass is 10.2. The van der Waals surface area contributed by atoms with E-state index in [9.17, 15) is 5.11 Å². The zero-order valence-corrected chi connectivity index (χ0v) is 15.0. The second kappa shape index (κ2) is 8.17. The van der Waals surface area contributed by atoms with Gasteiger partial charge in [-0.05, 0) is 56.0 Å². The first kappa shape index (κ1) is 17.5. The number of hydrogen-bond acceptors (Lipinski definition) is 3. The lowest BCUT2D eigenvalue weighted by molar-refractivity contribution is 0.159. The Hall–Kier alpha value is -2.33. The van der Waals surface area contributed by atoms with Crippen LogP contribution < -0.4 is 4.74 Å². The molecule has 1 N–H and O–H groups in total. The highest BCUT2D eigenvalue weighted by Gasteiger charge is 2.16. The molecule has 0 amide bonds. The van der Waals surface area contributed by atoms with Gasteiger partial charge in [-0.2, -0.15) is 0 Å². The average molecular weight is 338 g/mol. The highest BCUT2D eigenvalue weighted by atomic mass is 16.5. The van der Waals surface area contributed by atoms with Crippen molar-refractivity contribution in [2.24, 2.45) is 0 Å². The Balaban J connectivity index is 1.61. The van der Waals surface area contributed by atoms with E-state index in [2.05, 4.69) is 34.7 Å². The minimum atomic E-state index is -0.518. The van der Waals surface area contributed by atoms with Crippen molar-refractivity contribution in [1.82, 2.24) is 9.55 Å². The molecule has 0 aliphatic carbocycles. The fraction of sp³-hybridized carbons (Fsp3) is 0.381. The molecule has 0 saturated carbocycles. The normalized spacial score (nSPS) is 12.4. The van der Waals surface area contributed by atoms with Gasteiger partial charge in [0.05, 0.1) is 17.6 Å². The summed E-state index contributed by atoms with van der Waals surface area (Å²) in [5, 5.41) is 10.3. The standard InChI is InChI=1S/C21H26N2O2/c1-3-20(24)21-22-18-11-4-5-12-19(18)23(21)13-6-7-14-25-17-10-8-9-16(2)15-17/h4-5,8-12,15,20,24H,3,6-7,13-14H2,1-2H3/t20-/m1/s1. The van der Waals surface area contributed by atoms with Crippen LogP contribution in [0.25, 0.3) is 11.0 Å². The predicted octanol–water partition coefficient (Wildman–Crippen LogP) is 4.65. The summed E-state index contributed by atoms with van der Waals surface area (Å²) in [6.45, 7) is 5.58. The lowest BCUT2D eigenvalue weighted by Crippen LogP contribution is -2.09. The third kappa shape index (κ3) is 4.20. The van der Waals surface area contributed by atoms with Crippen molar-refractivity contribution >= 4 is 11.0 Å². The molecule has 4 nitrogen and oxygen atoms in total. The molecule has 25 heavy (non-hydrogen) atoms. The Morgan fingerprint density at radius 2 is 1.96 bits per heavy atom. The number of aryl methyl sites for hydroxylation is 2. The summed E-state index contributed by atoms with van der Waals surface area (Å²) < 4.78 is 7.97. The number of fused-ring (bicyclic) bond motifs is 1. The summed E-state index contributed by atoms with van der Waals surface area (Å²) >= 11 is 0. The van der Waals surface area contributed by atoms with Gasteiger partial charge in [0.1, 0.15) is 17.7 Å².